The van der Waals surface area contributed by atoms with Crippen LogP contribution in [0.5, 0.6) is 0 Å². The van der Waals surface area contributed by atoms with Crippen LogP contribution in [0.4, 0.5) is 0 Å². The van der Waals surface area contributed by atoms with E-state index in [0.29, 0.717) is 6.04 Å². The number of rotatable bonds is 5. The number of likely N-dealkylation sites (N-methyl/N-ethyl adjacent to an activating group) is 1. The van der Waals surface area contributed by atoms with E-state index in [4.69, 9.17) is 0 Å². The number of nitrogens with one attached hydrogen (secondary N) is 1. The Hall–Kier alpha value is -0.340. The van der Waals surface area contributed by atoms with Crippen LogP contribution in [0.1, 0.15) is 44.6 Å². The van der Waals surface area contributed by atoms with E-state index in [2.05, 4.69) is 59.5 Å². The van der Waals surface area contributed by atoms with Gasteiger partial charge in [0.1, 0.15) is 0 Å². The summed E-state index contributed by atoms with van der Waals surface area (Å²) in [7, 11) is 2.12. The van der Waals surface area contributed by atoms with Gasteiger partial charge in [-0.15, -0.1) is 0 Å². The summed E-state index contributed by atoms with van der Waals surface area (Å²) in [6.45, 7) is 2.34. The molecule has 3 unspecified atom stereocenters. The molecule has 2 heteroatoms. The van der Waals surface area contributed by atoms with Gasteiger partial charge >= 0.3 is 0 Å². The molecule has 0 spiro atoms. The van der Waals surface area contributed by atoms with Gasteiger partial charge in [-0.1, -0.05) is 54.2 Å². The Balaban J connectivity index is 1.99. The van der Waals surface area contributed by atoms with E-state index < -0.39 is 0 Å². The molecule has 0 radical (unpaired) electrons. The van der Waals surface area contributed by atoms with Crippen LogP contribution >= 0.6 is 15.9 Å². The predicted molar refractivity (Wildman–Crippen MR) is 86.4 cm³/mol. The fourth-order valence-electron chi connectivity index (χ4n) is 3.49. The average Bonchev–Trinajstić information content (AvgIpc) is 2.45. The second kappa shape index (κ2) is 7.44. The van der Waals surface area contributed by atoms with Crippen LogP contribution < -0.4 is 5.32 Å². The van der Waals surface area contributed by atoms with Gasteiger partial charge in [-0.25, -0.2) is 0 Å². The quantitative estimate of drug-likeness (QED) is 0.821. The second-order valence-electron chi connectivity index (χ2n) is 5.93. The molecule has 1 saturated carbocycles. The molecular weight excluding hydrogens is 298 g/mol. The monoisotopic (exact) mass is 323 g/mol. The summed E-state index contributed by atoms with van der Waals surface area (Å²) in [5.74, 6) is 1.81. The van der Waals surface area contributed by atoms with Crippen molar-refractivity contribution in [1.82, 2.24) is 5.32 Å². The normalized spacial score (nSPS) is 25.2. The molecule has 106 valence electrons. The van der Waals surface area contributed by atoms with Crippen LogP contribution in [0.2, 0.25) is 0 Å². The molecule has 0 aromatic heterocycles. The summed E-state index contributed by atoms with van der Waals surface area (Å²) in [6, 6.07) is 9.37. The fraction of sp³-hybridized carbons (Fsp3) is 0.647. The zero-order valence-corrected chi connectivity index (χ0v) is 13.7. The summed E-state index contributed by atoms with van der Waals surface area (Å²) in [6.07, 6.45) is 8.17. The van der Waals surface area contributed by atoms with Crippen molar-refractivity contribution in [2.45, 2.75) is 51.5 Å². The topological polar surface area (TPSA) is 12.0 Å². The molecule has 19 heavy (non-hydrogen) atoms. The van der Waals surface area contributed by atoms with Gasteiger partial charge in [0.25, 0.3) is 0 Å². The van der Waals surface area contributed by atoms with E-state index >= 15 is 0 Å². The highest BCUT2D eigenvalue weighted by atomic mass is 79.9. The third kappa shape index (κ3) is 4.32. The van der Waals surface area contributed by atoms with E-state index in [1.54, 1.807) is 0 Å². The molecule has 1 N–H and O–H groups in total. The predicted octanol–water partition coefficient (Wildman–Crippen LogP) is 4.80. The molecule has 0 heterocycles. The van der Waals surface area contributed by atoms with Gasteiger partial charge in [-0.05, 0) is 55.8 Å². The molecule has 1 aliphatic carbocycles. The summed E-state index contributed by atoms with van der Waals surface area (Å²) in [5.41, 5.74) is 1.44. The number of hydrogen-bond donors (Lipinski definition) is 1. The first-order valence-electron chi connectivity index (χ1n) is 7.64. The van der Waals surface area contributed by atoms with E-state index in [9.17, 15) is 0 Å². The Morgan fingerprint density at radius 2 is 2.21 bits per heavy atom. The number of hydrogen-bond acceptors (Lipinski definition) is 1. The standard InChI is InChI=1S/C17H26BrN/c1-3-13-6-4-8-15(10-13)17(19-2)12-14-7-5-9-16(18)11-14/h5,7,9,11,13,15,17,19H,3-4,6,8,10,12H2,1-2H3. The van der Waals surface area contributed by atoms with Crippen molar-refractivity contribution in [3.63, 3.8) is 0 Å². The van der Waals surface area contributed by atoms with Crippen molar-refractivity contribution < 1.29 is 0 Å². The van der Waals surface area contributed by atoms with Gasteiger partial charge in [0, 0.05) is 10.5 Å². The van der Waals surface area contributed by atoms with Gasteiger partial charge < -0.3 is 5.32 Å². The molecule has 2 rings (SSSR count). The molecule has 0 amide bonds. The maximum absolute atomic E-state index is 3.57. The Morgan fingerprint density at radius 1 is 1.37 bits per heavy atom. The van der Waals surface area contributed by atoms with E-state index in [1.165, 1.54) is 42.1 Å². The van der Waals surface area contributed by atoms with Crippen molar-refractivity contribution in [1.29, 1.82) is 0 Å². The molecule has 1 aromatic rings. The molecule has 3 atom stereocenters. The Labute approximate surface area is 126 Å². The SMILES string of the molecule is CCC1CCCC(C(Cc2cccc(Br)c2)NC)C1. The van der Waals surface area contributed by atoms with Crippen molar-refractivity contribution in [3.8, 4) is 0 Å². The minimum Gasteiger partial charge on any atom is -0.316 e. The van der Waals surface area contributed by atoms with Crippen LogP contribution in [-0.4, -0.2) is 13.1 Å². The molecule has 0 saturated heterocycles. The minimum absolute atomic E-state index is 0.628. The van der Waals surface area contributed by atoms with Crippen LogP contribution in [0.25, 0.3) is 0 Å². The lowest BCUT2D eigenvalue weighted by Gasteiger charge is -2.34. The highest BCUT2D eigenvalue weighted by Gasteiger charge is 2.26. The molecule has 1 aromatic carbocycles. The highest BCUT2D eigenvalue weighted by Crippen LogP contribution is 2.33. The van der Waals surface area contributed by atoms with E-state index in [0.717, 1.165) is 18.3 Å². The molecule has 0 aliphatic heterocycles. The summed E-state index contributed by atoms with van der Waals surface area (Å²) >= 11 is 3.57. The third-order valence-electron chi connectivity index (χ3n) is 4.69. The molecule has 1 fully saturated rings. The minimum atomic E-state index is 0.628. The molecule has 0 bridgehead atoms. The maximum atomic E-state index is 3.57. The van der Waals surface area contributed by atoms with Crippen LogP contribution in [0.3, 0.4) is 0 Å². The first-order valence-corrected chi connectivity index (χ1v) is 8.44. The number of benzene rings is 1. The lowest BCUT2D eigenvalue weighted by atomic mass is 9.75. The van der Waals surface area contributed by atoms with Gasteiger partial charge in [-0.2, -0.15) is 0 Å². The lowest BCUT2D eigenvalue weighted by molar-refractivity contribution is 0.212. The van der Waals surface area contributed by atoms with Crippen LogP contribution in [0.15, 0.2) is 28.7 Å². The smallest absolute Gasteiger partial charge is 0.0178 e. The van der Waals surface area contributed by atoms with Crippen molar-refractivity contribution in [3.05, 3.63) is 34.3 Å². The lowest BCUT2D eigenvalue weighted by Crippen LogP contribution is -2.38. The van der Waals surface area contributed by atoms with Crippen molar-refractivity contribution in [2.24, 2.45) is 11.8 Å². The number of halogens is 1. The van der Waals surface area contributed by atoms with Gasteiger partial charge in [-0.3, -0.25) is 0 Å². The third-order valence-corrected chi connectivity index (χ3v) is 5.18. The van der Waals surface area contributed by atoms with Gasteiger partial charge in [0.2, 0.25) is 0 Å². The van der Waals surface area contributed by atoms with Crippen LogP contribution in [-0.2, 0) is 6.42 Å². The fourth-order valence-corrected chi connectivity index (χ4v) is 3.94. The summed E-state index contributed by atoms with van der Waals surface area (Å²) < 4.78 is 1.19. The summed E-state index contributed by atoms with van der Waals surface area (Å²) in [4.78, 5) is 0. The molecule has 1 aliphatic rings. The summed E-state index contributed by atoms with van der Waals surface area (Å²) in [5, 5.41) is 3.57. The zero-order chi connectivity index (χ0) is 13.7. The first-order chi connectivity index (χ1) is 9.22. The van der Waals surface area contributed by atoms with Crippen LogP contribution in [0, 0.1) is 11.8 Å². The molecular formula is C17H26BrN. The Morgan fingerprint density at radius 3 is 2.89 bits per heavy atom. The maximum Gasteiger partial charge on any atom is 0.0178 e. The largest absolute Gasteiger partial charge is 0.316 e. The van der Waals surface area contributed by atoms with Crippen molar-refractivity contribution >= 4 is 15.9 Å². The second-order valence-corrected chi connectivity index (χ2v) is 6.85. The Bertz CT molecular complexity index is 391. The van der Waals surface area contributed by atoms with Crippen molar-refractivity contribution in [2.75, 3.05) is 7.05 Å². The average molecular weight is 324 g/mol. The first kappa shape index (κ1) is 15.1. The Kier molecular flexibility index (Phi) is 5.90. The van der Waals surface area contributed by atoms with E-state index in [1.807, 2.05) is 0 Å². The highest BCUT2D eigenvalue weighted by molar-refractivity contribution is 9.10. The van der Waals surface area contributed by atoms with Gasteiger partial charge in [0.05, 0.1) is 0 Å². The van der Waals surface area contributed by atoms with Gasteiger partial charge in [0.15, 0.2) is 0 Å². The zero-order valence-electron chi connectivity index (χ0n) is 12.2. The molecule has 1 nitrogen and oxygen atoms in total. The van der Waals surface area contributed by atoms with E-state index in [-0.39, 0.29) is 0 Å².